The molecule has 1 N–H and O–H groups in total. The van der Waals surface area contributed by atoms with Gasteiger partial charge in [-0.1, -0.05) is 29.8 Å². The van der Waals surface area contributed by atoms with Crippen LogP contribution in [0.25, 0.3) is 10.9 Å². The molecular formula is C13H14Br2N2. The Morgan fingerprint density at radius 1 is 1.18 bits per heavy atom. The molecule has 0 aliphatic heterocycles. The minimum Gasteiger partial charge on any atom is -0.387 e. The van der Waals surface area contributed by atoms with Crippen LogP contribution in [0.3, 0.4) is 0 Å². The predicted molar refractivity (Wildman–Crippen MR) is 80.8 cm³/mol. The number of fused-ring (bicyclic) bond motifs is 1. The highest BCUT2D eigenvalue weighted by atomic mass is 79.9. The first-order valence-electron chi connectivity index (χ1n) is 5.51. The molecule has 1 heterocycles. The summed E-state index contributed by atoms with van der Waals surface area (Å²) in [6.45, 7) is 4.30. The van der Waals surface area contributed by atoms with Gasteiger partial charge in [0.25, 0.3) is 0 Å². The summed E-state index contributed by atoms with van der Waals surface area (Å²) in [5.41, 5.74) is 3.20. The van der Waals surface area contributed by atoms with Crippen molar-refractivity contribution in [3.05, 3.63) is 32.8 Å². The fourth-order valence-electron chi connectivity index (χ4n) is 1.78. The van der Waals surface area contributed by atoms with E-state index in [1.54, 1.807) is 0 Å². The van der Waals surface area contributed by atoms with Crippen LogP contribution < -0.4 is 5.32 Å². The van der Waals surface area contributed by atoms with Crippen molar-refractivity contribution in [2.75, 3.05) is 12.4 Å². The molecule has 0 spiro atoms. The fraction of sp³-hybridized carbons (Fsp3) is 0.308. The second-order valence-corrected chi connectivity index (χ2v) is 5.96. The highest BCUT2D eigenvalue weighted by Crippen LogP contribution is 2.35. The lowest BCUT2D eigenvalue weighted by atomic mass is 10.1. The maximum atomic E-state index is 4.73. The van der Waals surface area contributed by atoms with Gasteiger partial charge in [-0.3, -0.25) is 4.98 Å². The Kier molecular flexibility index (Phi) is 3.73. The van der Waals surface area contributed by atoms with E-state index in [-0.39, 0.29) is 0 Å². The van der Waals surface area contributed by atoms with E-state index in [9.17, 15) is 0 Å². The zero-order valence-corrected chi connectivity index (χ0v) is 13.2. The highest BCUT2D eigenvalue weighted by molar-refractivity contribution is 9.11. The fourth-order valence-corrected chi connectivity index (χ4v) is 2.73. The van der Waals surface area contributed by atoms with Crippen LogP contribution in [0.4, 0.5) is 5.69 Å². The second kappa shape index (κ2) is 4.94. The molecule has 90 valence electrons. The second-order valence-electron chi connectivity index (χ2n) is 4.25. The van der Waals surface area contributed by atoms with Gasteiger partial charge in [-0.15, -0.1) is 0 Å². The van der Waals surface area contributed by atoms with Crippen molar-refractivity contribution >= 4 is 48.5 Å². The van der Waals surface area contributed by atoms with Crippen molar-refractivity contribution < 1.29 is 0 Å². The molecule has 1 aromatic heterocycles. The number of rotatable bonds is 2. The van der Waals surface area contributed by atoms with Crippen LogP contribution in [0, 0.1) is 0 Å². The molecule has 4 heteroatoms. The monoisotopic (exact) mass is 356 g/mol. The van der Waals surface area contributed by atoms with Crippen molar-refractivity contribution in [2.24, 2.45) is 0 Å². The zero-order valence-electron chi connectivity index (χ0n) is 10.0. The summed E-state index contributed by atoms with van der Waals surface area (Å²) in [4.78, 5) is 4.73. The van der Waals surface area contributed by atoms with Gasteiger partial charge in [-0.05, 0) is 40.0 Å². The normalized spacial score (nSPS) is 11.2. The largest absolute Gasteiger partial charge is 0.387 e. The van der Waals surface area contributed by atoms with Crippen LogP contribution >= 0.6 is 31.9 Å². The smallest absolute Gasteiger partial charge is 0.0879 e. The molecule has 17 heavy (non-hydrogen) atoms. The lowest BCUT2D eigenvalue weighted by molar-refractivity contribution is 0.830. The Morgan fingerprint density at radius 3 is 2.41 bits per heavy atom. The number of benzene rings is 1. The Morgan fingerprint density at radius 2 is 1.82 bits per heavy atom. The summed E-state index contributed by atoms with van der Waals surface area (Å²) < 4.78 is 2.08. The van der Waals surface area contributed by atoms with Gasteiger partial charge >= 0.3 is 0 Å². The Labute approximate surface area is 118 Å². The molecule has 0 fully saturated rings. The van der Waals surface area contributed by atoms with E-state index in [2.05, 4.69) is 57.1 Å². The van der Waals surface area contributed by atoms with E-state index in [1.807, 2.05) is 19.2 Å². The summed E-state index contributed by atoms with van der Waals surface area (Å²) in [6.07, 6.45) is 0. The van der Waals surface area contributed by atoms with Crippen LogP contribution in [-0.4, -0.2) is 12.0 Å². The van der Waals surface area contributed by atoms with Gasteiger partial charge in [0, 0.05) is 32.8 Å². The van der Waals surface area contributed by atoms with Gasteiger partial charge in [0.1, 0.15) is 0 Å². The van der Waals surface area contributed by atoms with Crippen molar-refractivity contribution in [1.29, 1.82) is 0 Å². The molecule has 2 aromatic rings. The van der Waals surface area contributed by atoms with Crippen molar-refractivity contribution in [3.8, 4) is 0 Å². The summed E-state index contributed by atoms with van der Waals surface area (Å²) in [5.74, 6) is 0.414. The van der Waals surface area contributed by atoms with E-state index < -0.39 is 0 Å². The Balaban J connectivity index is 2.87. The number of nitrogens with one attached hydrogen (secondary N) is 1. The average Bonchev–Trinajstić information content (AvgIpc) is 2.32. The first kappa shape index (κ1) is 12.8. The summed E-state index contributed by atoms with van der Waals surface area (Å²) in [6, 6.07) is 6.16. The van der Waals surface area contributed by atoms with E-state index in [4.69, 9.17) is 4.98 Å². The number of hydrogen-bond donors (Lipinski definition) is 1. The topological polar surface area (TPSA) is 24.9 Å². The molecule has 0 saturated carbocycles. The van der Waals surface area contributed by atoms with Crippen LogP contribution in [0.5, 0.6) is 0 Å². The number of anilines is 1. The van der Waals surface area contributed by atoms with Crippen molar-refractivity contribution in [1.82, 2.24) is 4.98 Å². The molecule has 0 unspecified atom stereocenters. The number of pyridine rings is 1. The number of nitrogens with zero attached hydrogens (tertiary/aromatic N) is 1. The molecule has 2 nitrogen and oxygen atoms in total. The highest BCUT2D eigenvalue weighted by Gasteiger charge is 2.12. The maximum Gasteiger partial charge on any atom is 0.0879 e. The Hall–Kier alpha value is -0.610. The van der Waals surface area contributed by atoms with Crippen LogP contribution in [0.15, 0.2) is 27.1 Å². The summed E-state index contributed by atoms with van der Waals surface area (Å²) >= 11 is 7.15. The third-order valence-corrected chi connectivity index (χ3v) is 4.04. The molecule has 0 atom stereocenters. The SMILES string of the molecule is CNc1cc(C(C)C)nc2c(Br)ccc(Br)c12. The van der Waals surface area contributed by atoms with Gasteiger partial charge < -0.3 is 5.32 Å². The molecule has 0 bridgehead atoms. The van der Waals surface area contributed by atoms with Crippen LogP contribution in [0.1, 0.15) is 25.5 Å². The van der Waals surface area contributed by atoms with Crippen molar-refractivity contribution in [3.63, 3.8) is 0 Å². The number of hydrogen-bond acceptors (Lipinski definition) is 2. The lowest BCUT2D eigenvalue weighted by Gasteiger charge is -2.13. The molecule has 0 aliphatic carbocycles. The minimum absolute atomic E-state index is 0.414. The van der Waals surface area contributed by atoms with Gasteiger partial charge in [-0.25, -0.2) is 0 Å². The third-order valence-electron chi connectivity index (χ3n) is 2.74. The molecule has 0 amide bonds. The average molecular weight is 358 g/mol. The molecule has 0 saturated heterocycles. The summed E-state index contributed by atoms with van der Waals surface area (Å²) in [5, 5.41) is 4.36. The number of halogens is 2. The third kappa shape index (κ3) is 2.33. The predicted octanol–water partition coefficient (Wildman–Crippen LogP) is 4.92. The quantitative estimate of drug-likeness (QED) is 0.824. The van der Waals surface area contributed by atoms with Gasteiger partial charge in [0.2, 0.25) is 0 Å². The molecule has 0 radical (unpaired) electrons. The number of aromatic nitrogens is 1. The Bertz CT molecular complexity index is 565. The van der Waals surface area contributed by atoms with E-state index in [1.165, 1.54) is 0 Å². The zero-order chi connectivity index (χ0) is 12.6. The van der Waals surface area contributed by atoms with E-state index in [0.29, 0.717) is 5.92 Å². The van der Waals surface area contributed by atoms with Gasteiger partial charge in [-0.2, -0.15) is 0 Å². The van der Waals surface area contributed by atoms with Crippen LogP contribution in [0.2, 0.25) is 0 Å². The molecule has 1 aromatic carbocycles. The van der Waals surface area contributed by atoms with Gasteiger partial charge in [0.05, 0.1) is 5.52 Å². The first-order valence-corrected chi connectivity index (χ1v) is 7.09. The van der Waals surface area contributed by atoms with E-state index in [0.717, 1.165) is 31.2 Å². The maximum absolute atomic E-state index is 4.73. The molecular weight excluding hydrogens is 344 g/mol. The first-order chi connectivity index (χ1) is 8.04. The van der Waals surface area contributed by atoms with Gasteiger partial charge in [0.15, 0.2) is 0 Å². The van der Waals surface area contributed by atoms with Crippen LogP contribution in [-0.2, 0) is 0 Å². The van der Waals surface area contributed by atoms with Crippen molar-refractivity contribution in [2.45, 2.75) is 19.8 Å². The minimum atomic E-state index is 0.414. The lowest BCUT2D eigenvalue weighted by Crippen LogP contribution is -1.99. The molecule has 0 aliphatic rings. The standard InChI is InChI=1S/C13H14Br2N2/c1-7(2)10-6-11(16-3)12-8(14)4-5-9(15)13(12)17-10/h4-7H,1-3H3,(H,16,17). The molecule has 2 rings (SSSR count). The van der Waals surface area contributed by atoms with E-state index >= 15 is 0 Å². The summed E-state index contributed by atoms with van der Waals surface area (Å²) in [7, 11) is 1.94.